The van der Waals surface area contributed by atoms with E-state index in [9.17, 15) is 10.1 Å². The highest BCUT2D eigenvalue weighted by Gasteiger charge is 2.07. The molecular weight excluding hydrogens is 274 g/mol. The lowest BCUT2D eigenvalue weighted by molar-refractivity contribution is -0.384. The summed E-state index contributed by atoms with van der Waals surface area (Å²) >= 11 is 1.60. The zero-order valence-corrected chi connectivity index (χ0v) is 11.9. The minimum absolute atomic E-state index is 0.0611. The Balaban J connectivity index is 2.30. The molecule has 0 atom stereocenters. The van der Waals surface area contributed by atoms with E-state index in [0.717, 1.165) is 16.1 Å². The van der Waals surface area contributed by atoms with E-state index in [0.29, 0.717) is 5.69 Å². The van der Waals surface area contributed by atoms with Crippen molar-refractivity contribution in [3.63, 3.8) is 0 Å². The van der Waals surface area contributed by atoms with Crippen LogP contribution in [0.2, 0.25) is 0 Å². The number of thioether (sulfide) groups is 1. The molecule has 0 aliphatic heterocycles. The van der Waals surface area contributed by atoms with E-state index in [1.807, 2.05) is 30.5 Å². The number of rotatable bonds is 4. The van der Waals surface area contributed by atoms with E-state index in [2.05, 4.69) is 10.2 Å². The van der Waals surface area contributed by atoms with Crippen LogP contribution in [-0.4, -0.2) is 11.2 Å². The summed E-state index contributed by atoms with van der Waals surface area (Å²) in [5, 5.41) is 19.1. The Morgan fingerprint density at radius 3 is 2.45 bits per heavy atom. The number of nitrogens with zero attached hydrogens (tertiary/aromatic N) is 3. The van der Waals surface area contributed by atoms with E-state index in [1.54, 1.807) is 24.8 Å². The Morgan fingerprint density at radius 2 is 1.80 bits per heavy atom. The molecule has 0 N–H and O–H groups in total. The van der Waals surface area contributed by atoms with Gasteiger partial charge in [0, 0.05) is 17.0 Å². The van der Waals surface area contributed by atoms with Crippen LogP contribution in [0.4, 0.5) is 17.1 Å². The molecule has 5 nitrogen and oxygen atoms in total. The van der Waals surface area contributed by atoms with E-state index in [4.69, 9.17) is 0 Å². The van der Waals surface area contributed by atoms with Crippen LogP contribution in [0.1, 0.15) is 5.56 Å². The summed E-state index contributed by atoms with van der Waals surface area (Å²) in [6.45, 7) is 1.78. The topological polar surface area (TPSA) is 67.9 Å². The molecular formula is C14H13N3O2S. The monoisotopic (exact) mass is 287 g/mol. The Morgan fingerprint density at radius 1 is 1.10 bits per heavy atom. The predicted octanol–water partition coefficient (Wildman–Crippen LogP) is 5.04. The Hall–Kier alpha value is -2.21. The van der Waals surface area contributed by atoms with Crippen molar-refractivity contribution >= 4 is 28.8 Å². The Bertz CT molecular complexity index is 671. The summed E-state index contributed by atoms with van der Waals surface area (Å²) in [6, 6.07) is 12.2. The highest BCUT2D eigenvalue weighted by Crippen LogP contribution is 2.30. The summed E-state index contributed by atoms with van der Waals surface area (Å²) in [7, 11) is 0. The van der Waals surface area contributed by atoms with E-state index in [-0.39, 0.29) is 5.69 Å². The van der Waals surface area contributed by atoms with Crippen LogP contribution in [0.25, 0.3) is 0 Å². The molecule has 2 aromatic carbocycles. The average Bonchev–Trinajstić information content (AvgIpc) is 2.46. The Kier molecular flexibility index (Phi) is 4.47. The first-order valence-corrected chi connectivity index (χ1v) is 7.14. The van der Waals surface area contributed by atoms with Gasteiger partial charge in [0.2, 0.25) is 0 Å². The minimum atomic E-state index is -0.420. The molecule has 2 rings (SSSR count). The maximum Gasteiger partial charge on any atom is 0.269 e. The molecule has 0 unspecified atom stereocenters. The summed E-state index contributed by atoms with van der Waals surface area (Å²) in [6.07, 6.45) is 1.98. The highest BCUT2D eigenvalue weighted by molar-refractivity contribution is 7.98. The number of nitro groups is 1. The quantitative estimate of drug-likeness (QED) is 0.342. The second-order valence-corrected chi connectivity index (χ2v) is 4.95. The van der Waals surface area contributed by atoms with Gasteiger partial charge in [-0.2, -0.15) is 5.11 Å². The van der Waals surface area contributed by atoms with Gasteiger partial charge < -0.3 is 0 Å². The second-order valence-electron chi connectivity index (χ2n) is 4.10. The third-order valence-corrected chi connectivity index (χ3v) is 3.53. The minimum Gasteiger partial charge on any atom is -0.258 e. The molecule has 0 radical (unpaired) electrons. The first-order chi connectivity index (χ1) is 9.61. The number of nitro benzene ring substituents is 1. The molecule has 0 saturated carbocycles. The van der Waals surface area contributed by atoms with Gasteiger partial charge in [-0.1, -0.05) is 12.1 Å². The van der Waals surface area contributed by atoms with Crippen molar-refractivity contribution in [2.75, 3.05) is 6.26 Å². The molecule has 0 aromatic heterocycles. The molecule has 2 aromatic rings. The number of azo groups is 1. The molecule has 0 spiro atoms. The van der Waals surface area contributed by atoms with Gasteiger partial charge in [-0.05, 0) is 36.9 Å². The summed E-state index contributed by atoms with van der Waals surface area (Å²) in [4.78, 5) is 11.3. The van der Waals surface area contributed by atoms with Gasteiger partial charge in [0.25, 0.3) is 5.69 Å². The normalized spacial score (nSPS) is 10.9. The maximum atomic E-state index is 10.7. The molecule has 0 aliphatic rings. The molecule has 0 heterocycles. The number of benzene rings is 2. The lowest BCUT2D eigenvalue weighted by Gasteiger charge is -2.01. The number of hydrogen-bond donors (Lipinski definition) is 0. The van der Waals surface area contributed by atoms with Crippen LogP contribution in [0.15, 0.2) is 57.6 Å². The molecule has 0 amide bonds. The molecule has 102 valence electrons. The smallest absolute Gasteiger partial charge is 0.258 e. The number of aryl methyl sites for hydroxylation is 1. The number of hydrogen-bond acceptors (Lipinski definition) is 5. The standard InChI is InChI=1S/C14H13N3O2S/c1-10-9-11(17(18)19)7-8-12(10)15-16-13-5-3-4-6-14(13)20-2/h3-9H,1-2H3. The second kappa shape index (κ2) is 6.29. The highest BCUT2D eigenvalue weighted by atomic mass is 32.2. The maximum absolute atomic E-state index is 10.7. The van der Waals surface area contributed by atoms with Crippen LogP contribution in [0.5, 0.6) is 0 Å². The molecule has 0 bridgehead atoms. The summed E-state index contributed by atoms with van der Waals surface area (Å²) < 4.78 is 0. The van der Waals surface area contributed by atoms with Crippen LogP contribution in [-0.2, 0) is 0 Å². The fourth-order valence-electron chi connectivity index (χ4n) is 1.69. The molecule has 6 heteroatoms. The molecule has 0 saturated heterocycles. The van der Waals surface area contributed by atoms with E-state index >= 15 is 0 Å². The molecule has 20 heavy (non-hydrogen) atoms. The molecule has 0 fully saturated rings. The Labute approximate surface area is 120 Å². The predicted molar refractivity (Wildman–Crippen MR) is 80.2 cm³/mol. The van der Waals surface area contributed by atoms with Crippen molar-refractivity contribution in [2.24, 2.45) is 10.2 Å². The van der Waals surface area contributed by atoms with Gasteiger partial charge in [0.15, 0.2) is 0 Å². The van der Waals surface area contributed by atoms with Gasteiger partial charge in [-0.25, -0.2) is 0 Å². The number of non-ortho nitro benzene ring substituents is 1. The largest absolute Gasteiger partial charge is 0.269 e. The van der Waals surface area contributed by atoms with Crippen LogP contribution < -0.4 is 0 Å². The third kappa shape index (κ3) is 3.21. The lowest BCUT2D eigenvalue weighted by atomic mass is 10.2. The van der Waals surface area contributed by atoms with E-state index < -0.39 is 4.92 Å². The fraction of sp³-hybridized carbons (Fsp3) is 0.143. The average molecular weight is 287 g/mol. The lowest BCUT2D eigenvalue weighted by Crippen LogP contribution is -1.87. The fourth-order valence-corrected chi connectivity index (χ4v) is 2.22. The van der Waals surface area contributed by atoms with Gasteiger partial charge in [-0.3, -0.25) is 10.1 Å². The van der Waals surface area contributed by atoms with Gasteiger partial charge in [-0.15, -0.1) is 16.9 Å². The van der Waals surface area contributed by atoms with Crippen LogP contribution in [0, 0.1) is 17.0 Å². The van der Waals surface area contributed by atoms with Crippen LogP contribution in [0.3, 0.4) is 0 Å². The van der Waals surface area contributed by atoms with Crippen LogP contribution >= 0.6 is 11.8 Å². The third-order valence-electron chi connectivity index (χ3n) is 2.74. The summed E-state index contributed by atoms with van der Waals surface area (Å²) in [5.41, 5.74) is 2.21. The SMILES string of the molecule is CSc1ccccc1N=Nc1ccc([N+](=O)[O-])cc1C. The van der Waals surface area contributed by atoms with Gasteiger partial charge in [0.05, 0.1) is 16.3 Å². The molecule has 0 aliphatic carbocycles. The van der Waals surface area contributed by atoms with Crippen molar-refractivity contribution < 1.29 is 4.92 Å². The van der Waals surface area contributed by atoms with Crippen molar-refractivity contribution in [1.82, 2.24) is 0 Å². The first kappa shape index (κ1) is 14.2. The van der Waals surface area contributed by atoms with E-state index in [1.165, 1.54) is 12.1 Å². The van der Waals surface area contributed by atoms with Crippen molar-refractivity contribution in [1.29, 1.82) is 0 Å². The van der Waals surface area contributed by atoms with Gasteiger partial charge >= 0.3 is 0 Å². The van der Waals surface area contributed by atoms with Gasteiger partial charge in [0.1, 0.15) is 0 Å². The van der Waals surface area contributed by atoms with Crippen molar-refractivity contribution in [3.8, 4) is 0 Å². The summed E-state index contributed by atoms with van der Waals surface area (Å²) in [5.74, 6) is 0. The zero-order chi connectivity index (χ0) is 14.5. The zero-order valence-electron chi connectivity index (χ0n) is 11.1. The first-order valence-electron chi connectivity index (χ1n) is 5.91. The van der Waals surface area contributed by atoms with Crippen molar-refractivity contribution in [2.45, 2.75) is 11.8 Å². The van der Waals surface area contributed by atoms with Crippen molar-refractivity contribution in [3.05, 3.63) is 58.1 Å².